The van der Waals surface area contributed by atoms with Gasteiger partial charge >= 0.3 is 0 Å². The molecule has 0 aliphatic carbocycles. The number of hydrogen-bond acceptors (Lipinski definition) is 2. The average Bonchev–Trinajstić information content (AvgIpc) is 2.92. The first-order valence-corrected chi connectivity index (χ1v) is 7.33. The van der Waals surface area contributed by atoms with E-state index in [0.717, 1.165) is 31.9 Å². The van der Waals surface area contributed by atoms with Gasteiger partial charge in [0.25, 0.3) is 0 Å². The second kappa shape index (κ2) is 4.64. The summed E-state index contributed by atoms with van der Waals surface area (Å²) >= 11 is 0. The van der Waals surface area contributed by atoms with Crippen LogP contribution in [0, 0.1) is 0 Å². The van der Waals surface area contributed by atoms with Crippen LogP contribution in [0.25, 0.3) is 0 Å². The molecule has 2 aliphatic heterocycles. The van der Waals surface area contributed by atoms with Gasteiger partial charge in [-0.2, -0.15) is 0 Å². The van der Waals surface area contributed by atoms with E-state index in [1.54, 1.807) is 0 Å². The van der Waals surface area contributed by atoms with Gasteiger partial charge in [0.1, 0.15) is 5.75 Å². The summed E-state index contributed by atoms with van der Waals surface area (Å²) in [5, 5.41) is 0. The summed E-state index contributed by atoms with van der Waals surface area (Å²) in [6.45, 7) is 2.96. The Morgan fingerprint density at radius 2 is 1.95 bits per heavy atom. The first kappa shape index (κ1) is 12.0. The highest BCUT2D eigenvalue weighted by Crippen LogP contribution is 2.38. The summed E-state index contributed by atoms with van der Waals surface area (Å²) < 4.78 is 5.76. The molecule has 0 spiro atoms. The van der Waals surface area contributed by atoms with Crippen LogP contribution in [0.5, 0.6) is 5.75 Å². The van der Waals surface area contributed by atoms with Crippen molar-refractivity contribution < 1.29 is 4.74 Å². The molecule has 20 heavy (non-hydrogen) atoms. The van der Waals surface area contributed by atoms with Gasteiger partial charge in [-0.05, 0) is 35.4 Å². The Balaban J connectivity index is 1.84. The summed E-state index contributed by atoms with van der Waals surface area (Å²) in [5.74, 6) is 1.56. The minimum atomic E-state index is 0.458. The van der Waals surface area contributed by atoms with E-state index in [1.807, 2.05) is 0 Å². The smallest absolute Gasteiger partial charge is 0.122 e. The van der Waals surface area contributed by atoms with Gasteiger partial charge in [-0.3, -0.25) is 0 Å². The predicted octanol–water partition coefficient (Wildman–Crippen LogP) is 3.20. The highest BCUT2D eigenvalue weighted by Gasteiger charge is 2.27. The van der Waals surface area contributed by atoms with Gasteiger partial charge < -0.3 is 9.64 Å². The minimum absolute atomic E-state index is 0.458. The van der Waals surface area contributed by atoms with E-state index < -0.39 is 0 Å². The number of nitrogens with zero attached hydrogens (tertiary/aromatic N) is 1. The van der Waals surface area contributed by atoms with Gasteiger partial charge in [0, 0.05) is 25.4 Å². The van der Waals surface area contributed by atoms with Crippen molar-refractivity contribution in [1.29, 1.82) is 0 Å². The molecule has 0 radical (unpaired) electrons. The first-order valence-electron chi connectivity index (χ1n) is 7.33. The average molecular weight is 265 g/mol. The number of hydrogen-bond donors (Lipinski definition) is 0. The zero-order chi connectivity index (χ0) is 13.5. The molecule has 2 heterocycles. The molecule has 0 amide bonds. The standard InChI is InChI=1S/C18H19NO/c1-19-11-15-9-14-7-8-20-18(14)10-16(15)17(12-19)13-5-3-2-4-6-13/h2-6,9-10,17H,7-8,11-12H2,1H3. The molecule has 0 fully saturated rings. The van der Waals surface area contributed by atoms with Crippen molar-refractivity contribution in [2.45, 2.75) is 18.9 Å². The summed E-state index contributed by atoms with van der Waals surface area (Å²) in [4.78, 5) is 2.42. The summed E-state index contributed by atoms with van der Waals surface area (Å²) in [5.41, 5.74) is 5.70. The van der Waals surface area contributed by atoms with Crippen LogP contribution in [0.3, 0.4) is 0 Å². The molecule has 2 aliphatic rings. The number of likely N-dealkylation sites (N-methyl/N-ethyl adjacent to an activating group) is 1. The van der Waals surface area contributed by atoms with Gasteiger partial charge in [-0.1, -0.05) is 36.4 Å². The number of rotatable bonds is 1. The van der Waals surface area contributed by atoms with Gasteiger partial charge in [-0.15, -0.1) is 0 Å². The molecular formula is C18H19NO. The molecule has 0 saturated heterocycles. The second-order valence-electron chi connectivity index (χ2n) is 5.92. The molecule has 2 aromatic rings. The van der Waals surface area contributed by atoms with Crippen molar-refractivity contribution in [2.75, 3.05) is 20.2 Å². The van der Waals surface area contributed by atoms with Crippen LogP contribution in [0.4, 0.5) is 0 Å². The Hall–Kier alpha value is -1.80. The van der Waals surface area contributed by atoms with Gasteiger partial charge in [-0.25, -0.2) is 0 Å². The third kappa shape index (κ3) is 1.92. The Morgan fingerprint density at radius 3 is 2.80 bits per heavy atom. The molecular weight excluding hydrogens is 246 g/mol. The van der Waals surface area contributed by atoms with E-state index >= 15 is 0 Å². The molecule has 0 saturated carbocycles. The predicted molar refractivity (Wildman–Crippen MR) is 80.3 cm³/mol. The van der Waals surface area contributed by atoms with Crippen molar-refractivity contribution in [2.24, 2.45) is 0 Å². The van der Waals surface area contributed by atoms with E-state index in [4.69, 9.17) is 4.74 Å². The van der Waals surface area contributed by atoms with E-state index in [-0.39, 0.29) is 0 Å². The zero-order valence-corrected chi connectivity index (χ0v) is 11.8. The topological polar surface area (TPSA) is 12.5 Å². The van der Waals surface area contributed by atoms with Gasteiger partial charge in [0.05, 0.1) is 6.61 Å². The fourth-order valence-corrected chi connectivity index (χ4v) is 3.49. The number of ether oxygens (including phenoxy) is 1. The van der Waals surface area contributed by atoms with Crippen molar-refractivity contribution in [3.05, 3.63) is 64.7 Å². The van der Waals surface area contributed by atoms with Crippen LogP contribution < -0.4 is 4.74 Å². The lowest BCUT2D eigenvalue weighted by Gasteiger charge is -2.33. The Bertz CT molecular complexity index is 635. The van der Waals surface area contributed by atoms with E-state index in [1.165, 1.54) is 22.3 Å². The lowest BCUT2D eigenvalue weighted by Crippen LogP contribution is -2.31. The largest absolute Gasteiger partial charge is 0.493 e. The quantitative estimate of drug-likeness (QED) is 0.785. The van der Waals surface area contributed by atoms with Crippen molar-refractivity contribution in [1.82, 2.24) is 4.90 Å². The van der Waals surface area contributed by atoms with E-state index in [2.05, 4.69) is 54.4 Å². The molecule has 2 aromatic carbocycles. The molecule has 2 heteroatoms. The fourth-order valence-electron chi connectivity index (χ4n) is 3.49. The maximum absolute atomic E-state index is 5.76. The number of fused-ring (bicyclic) bond motifs is 2. The summed E-state index contributed by atoms with van der Waals surface area (Å²) in [6.07, 6.45) is 1.06. The molecule has 2 nitrogen and oxygen atoms in total. The Labute approximate surface area is 120 Å². The Morgan fingerprint density at radius 1 is 1.10 bits per heavy atom. The highest BCUT2D eigenvalue weighted by molar-refractivity contribution is 5.49. The van der Waals surface area contributed by atoms with Crippen molar-refractivity contribution in [3.63, 3.8) is 0 Å². The molecule has 1 unspecified atom stereocenters. The van der Waals surface area contributed by atoms with Crippen molar-refractivity contribution >= 4 is 0 Å². The molecule has 0 bridgehead atoms. The van der Waals surface area contributed by atoms with Crippen LogP contribution >= 0.6 is 0 Å². The second-order valence-corrected chi connectivity index (χ2v) is 5.92. The van der Waals surface area contributed by atoms with Crippen LogP contribution in [0.15, 0.2) is 42.5 Å². The summed E-state index contributed by atoms with van der Waals surface area (Å²) in [7, 11) is 2.21. The maximum Gasteiger partial charge on any atom is 0.122 e. The zero-order valence-electron chi connectivity index (χ0n) is 11.8. The number of benzene rings is 2. The third-order valence-corrected chi connectivity index (χ3v) is 4.46. The lowest BCUT2D eigenvalue weighted by atomic mass is 9.84. The van der Waals surface area contributed by atoms with E-state index in [9.17, 15) is 0 Å². The normalized spacial score (nSPS) is 21.1. The molecule has 102 valence electrons. The summed E-state index contributed by atoms with van der Waals surface area (Å²) in [6, 6.07) is 15.5. The van der Waals surface area contributed by atoms with E-state index in [0.29, 0.717) is 5.92 Å². The fraction of sp³-hybridized carbons (Fsp3) is 0.333. The molecule has 1 atom stereocenters. The molecule has 0 N–H and O–H groups in total. The van der Waals surface area contributed by atoms with Crippen LogP contribution in [0.2, 0.25) is 0 Å². The highest BCUT2D eigenvalue weighted by atomic mass is 16.5. The lowest BCUT2D eigenvalue weighted by molar-refractivity contribution is 0.294. The van der Waals surface area contributed by atoms with Crippen LogP contribution in [-0.2, 0) is 13.0 Å². The molecule has 4 rings (SSSR count). The maximum atomic E-state index is 5.76. The monoisotopic (exact) mass is 265 g/mol. The third-order valence-electron chi connectivity index (χ3n) is 4.46. The first-order chi connectivity index (χ1) is 9.81. The van der Waals surface area contributed by atoms with Gasteiger partial charge in [0.15, 0.2) is 0 Å². The van der Waals surface area contributed by atoms with Crippen LogP contribution in [0.1, 0.15) is 28.2 Å². The Kier molecular flexibility index (Phi) is 2.78. The molecule has 0 aromatic heterocycles. The van der Waals surface area contributed by atoms with Crippen molar-refractivity contribution in [3.8, 4) is 5.75 Å². The minimum Gasteiger partial charge on any atom is -0.493 e. The van der Waals surface area contributed by atoms with Gasteiger partial charge in [0.2, 0.25) is 0 Å². The SMILES string of the molecule is CN1Cc2cc3c(cc2C(c2ccccc2)C1)OCC3. The van der Waals surface area contributed by atoms with Crippen LogP contribution in [-0.4, -0.2) is 25.1 Å².